The van der Waals surface area contributed by atoms with E-state index in [4.69, 9.17) is 4.74 Å². The Kier molecular flexibility index (Phi) is 9.17. The summed E-state index contributed by atoms with van der Waals surface area (Å²) in [6, 6.07) is 12.5. The summed E-state index contributed by atoms with van der Waals surface area (Å²) < 4.78 is 6.01. The Bertz CT molecular complexity index is 1110. The van der Waals surface area contributed by atoms with Crippen molar-refractivity contribution < 1.29 is 14.3 Å². The number of benzene rings is 1. The standard InChI is InChI=1S/C32H44N4O3/c1-25-10-11-28(34-22-25)21-26-12-17-36(23-26)30(37)24-35-18-14-32(15-19-35)13-5-4-8-27-7-2-3-9-29(27)39-20-6-16-33-31(32)38/h2-3,7,9-11,22,26H,4-6,8,12-21,23-24H2,1H3,(H,33,38). The lowest BCUT2D eigenvalue weighted by molar-refractivity contribution is -0.136. The first kappa shape index (κ1) is 27.6. The molecule has 7 heteroatoms. The van der Waals surface area contributed by atoms with Crippen molar-refractivity contribution >= 4 is 11.8 Å². The number of nitrogens with zero attached hydrogens (tertiary/aromatic N) is 3. The molecular formula is C32H44N4O3. The third-order valence-corrected chi connectivity index (χ3v) is 8.95. The van der Waals surface area contributed by atoms with Crippen molar-refractivity contribution in [2.45, 2.75) is 64.7 Å². The Morgan fingerprint density at radius 2 is 1.92 bits per heavy atom. The average molecular weight is 533 g/mol. The number of hydrogen-bond acceptors (Lipinski definition) is 5. The van der Waals surface area contributed by atoms with Crippen molar-refractivity contribution in [1.82, 2.24) is 20.1 Å². The quantitative estimate of drug-likeness (QED) is 0.640. The monoisotopic (exact) mass is 532 g/mol. The summed E-state index contributed by atoms with van der Waals surface area (Å²) in [5.74, 6) is 1.88. The van der Waals surface area contributed by atoms with E-state index in [0.29, 0.717) is 25.6 Å². The van der Waals surface area contributed by atoms with Gasteiger partial charge in [-0.05, 0) is 101 Å². The first-order valence-electron chi connectivity index (χ1n) is 14.9. The van der Waals surface area contributed by atoms with E-state index in [-0.39, 0.29) is 17.2 Å². The van der Waals surface area contributed by atoms with Crippen LogP contribution in [-0.2, 0) is 22.4 Å². The fourth-order valence-electron chi connectivity index (χ4n) is 6.44. The molecule has 0 aliphatic carbocycles. The number of carbonyl (C=O) groups is 2. The number of carbonyl (C=O) groups excluding carboxylic acids is 2. The molecule has 4 heterocycles. The second-order valence-corrected chi connectivity index (χ2v) is 11.9. The lowest BCUT2D eigenvalue weighted by Crippen LogP contribution is -2.51. The number of fused-ring (bicyclic) bond motifs is 1. The van der Waals surface area contributed by atoms with Crippen LogP contribution in [0.5, 0.6) is 5.75 Å². The summed E-state index contributed by atoms with van der Waals surface area (Å²) in [6.07, 6.45) is 10.3. The zero-order valence-electron chi connectivity index (χ0n) is 23.5. The zero-order valence-corrected chi connectivity index (χ0v) is 23.5. The Labute approximate surface area is 233 Å². The average Bonchev–Trinajstić information content (AvgIpc) is 3.42. The number of amides is 2. The van der Waals surface area contributed by atoms with E-state index in [0.717, 1.165) is 95.4 Å². The van der Waals surface area contributed by atoms with Gasteiger partial charge in [-0.15, -0.1) is 0 Å². The first-order valence-corrected chi connectivity index (χ1v) is 14.9. The third kappa shape index (κ3) is 7.18. The highest BCUT2D eigenvalue weighted by molar-refractivity contribution is 5.83. The number of para-hydroxylation sites is 1. The number of pyridine rings is 1. The van der Waals surface area contributed by atoms with E-state index in [1.807, 2.05) is 17.2 Å². The van der Waals surface area contributed by atoms with Gasteiger partial charge in [0.2, 0.25) is 11.8 Å². The lowest BCUT2D eigenvalue weighted by atomic mass is 9.73. The normalized spacial score (nSPS) is 22.6. The summed E-state index contributed by atoms with van der Waals surface area (Å²) in [5, 5.41) is 3.22. The highest BCUT2D eigenvalue weighted by Crippen LogP contribution is 2.38. The molecule has 1 aromatic heterocycles. The van der Waals surface area contributed by atoms with Gasteiger partial charge in [0.15, 0.2) is 0 Å². The van der Waals surface area contributed by atoms with Crippen LogP contribution in [0.15, 0.2) is 42.6 Å². The van der Waals surface area contributed by atoms with Crippen LogP contribution < -0.4 is 10.1 Å². The Morgan fingerprint density at radius 3 is 2.74 bits per heavy atom. The highest BCUT2D eigenvalue weighted by Gasteiger charge is 2.41. The van der Waals surface area contributed by atoms with E-state index in [1.165, 1.54) is 11.1 Å². The van der Waals surface area contributed by atoms with Gasteiger partial charge < -0.3 is 15.0 Å². The van der Waals surface area contributed by atoms with Gasteiger partial charge in [-0.25, -0.2) is 0 Å². The summed E-state index contributed by atoms with van der Waals surface area (Å²) in [7, 11) is 0. The number of nitrogens with one attached hydrogen (secondary N) is 1. The molecule has 5 rings (SSSR count). The van der Waals surface area contributed by atoms with Crippen molar-refractivity contribution in [2.75, 3.05) is 45.9 Å². The zero-order chi connectivity index (χ0) is 27.1. The summed E-state index contributed by atoms with van der Waals surface area (Å²) >= 11 is 0. The maximum absolute atomic E-state index is 13.4. The number of rotatable bonds is 4. The number of likely N-dealkylation sites (tertiary alicyclic amines) is 2. The van der Waals surface area contributed by atoms with Gasteiger partial charge in [0.1, 0.15) is 5.75 Å². The molecule has 1 atom stereocenters. The fourth-order valence-corrected chi connectivity index (χ4v) is 6.44. The van der Waals surface area contributed by atoms with Crippen molar-refractivity contribution in [2.24, 2.45) is 11.3 Å². The van der Waals surface area contributed by atoms with E-state index >= 15 is 0 Å². The van der Waals surface area contributed by atoms with Crippen molar-refractivity contribution in [3.8, 4) is 5.75 Å². The molecule has 39 heavy (non-hydrogen) atoms. The Hall–Kier alpha value is -2.93. The molecule has 7 nitrogen and oxygen atoms in total. The molecule has 2 amide bonds. The van der Waals surface area contributed by atoms with Crippen LogP contribution in [0.4, 0.5) is 0 Å². The second kappa shape index (κ2) is 12.9. The third-order valence-electron chi connectivity index (χ3n) is 8.95. The molecule has 1 unspecified atom stereocenters. The van der Waals surface area contributed by atoms with Gasteiger partial charge in [-0.3, -0.25) is 19.5 Å². The minimum atomic E-state index is -0.326. The summed E-state index contributed by atoms with van der Waals surface area (Å²) in [4.78, 5) is 35.4. The van der Waals surface area contributed by atoms with Crippen LogP contribution in [0.3, 0.4) is 0 Å². The van der Waals surface area contributed by atoms with Crippen LogP contribution in [0.25, 0.3) is 0 Å². The topological polar surface area (TPSA) is 74.8 Å². The Morgan fingerprint density at radius 1 is 1.08 bits per heavy atom. The van der Waals surface area contributed by atoms with E-state index < -0.39 is 0 Å². The molecule has 3 aliphatic heterocycles. The smallest absolute Gasteiger partial charge is 0.236 e. The van der Waals surface area contributed by atoms with Gasteiger partial charge in [-0.2, -0.15) is 0 Å². The van der Waals surface area contributed by atoms with Gasteiger partial charge in [0, 0.05) is 31.5 Å². The highest BCUT2D eigenvalue weighted by atomic mass is 16.5. The van der Waals surface area contributed by atoms with Gasteiger partial charge in [-0.1, -0.05) is 30.7 Å². The van der Waals surface area contributed by atoms with Gasteiger partial charge in [0.25, 0.3) is 0 Å². The molecule has 2 saturated heterocycles. The molecule has 210 valence electrons. The SMILES string of the molecule is Cc1ccc(CC2CCN(C(=O)CN3CCC4(CCCCc5ccccc5OCCCNC4=O)CC3)C2)nc1. The van der Waals surface area contributed by atoms with Crippen molar-refractivity contribution in [1.29, 1.82) is 0 Å². The fraction of sp³-hybridized carbons (Fsp3) is 0.594. The molecule has 0 saturated carbocycles. The van der Waals surface area contributed by atoms with Crippen molar-refractivity contribution in [3.63, 3.8) is 0 Å². The minimum Gasteiger partial charge on any atom is -0.493 e. The maximum Gasteiger partial charge on any atom is 0.236 e. The predicted octanol–water partition coefficient (Wildman–Crippen LogP) is 4.17. The maximum atomic E-state index is 13.4. The molecule has 0 radical (unpaired) electrons. The van der Waals surface area contributed by atoms with Crippen molar-refractivity contribution in [3.05, 3.63) is 59.4 Å². The van der Waals surface area contributed by atoms with E-state index in [2.05, 4.69) is 52.5 Å². The molecule has 3 aliphatic rings. The molecule has 1 N–H and O–H groups in total. The number of piperidine rings is 1. The van der Waals surface area contributed by atoms with Crippen LogP contribution in [0.2, 0.25) is 0 Å². The lowest BCUT2D eigenvalue weighted by Gasteiger charge is -2.41. The molecular weight excluding hydrogens is 488 g/mol. The molecule has 1 aromatic carbocycles. The number of ether oxygens (including phenoxy) is 1. The molecule has 2 fully saturated rings. The second-order valence-electron chi connectivity index (χ2n) is 11.9. The minimum absolute atomic E-state index is 0.192. The van der Waals surface area contributed by atoms with Gasteiger partial charge in [0.05, 0.1) is 18.6 Å². The van der Waals surface area contributed by atoms with E-state index in [1.54, 1.807) is 0 Å². The van der Waals surface area contributed by atoms with Crippen LogP contribution in [-0.4, -0.2) is 72.5 Å². The van der Waals surface area contributed by atoms with Crippen LogP contribution in [0, 0.1) is 18.3 Å². The van der Waals surface area contributed by atoms with Gasteiger partial charge >= 0.3 is 0 Å². The predicted molar refractivity (Wildman–Crippen MR) is 153 cm³/mol. The summed E-state index contributed by atoms with van der Waals surface area (Å²) in [6.45, 7) is 7.02. The molecule has 2 aromatic rings. The molecule has 0 bridgehead atoms. The Balaban J connectivity index is 1.11. The largest absolute Gasteiger partial charge is 0.493 e. The number of hydrogen-bond donors (Lipinski definition) is 1. The number of aryl methyl sites for hydroxylation is 2. The summed E-state index contributed by atoms with van der Waals surface area (Å²) in [5.41, 5.74) is 3.23. The first-order chi connectivity index (χ1) is 19.0. The van der Waals surface area contributed by atoms with Crippen LogP contribution >= 0.6 is 0 Å². The van der Waals surface area contributed by atoms with E-state index in [9.17, 15) is 9.59 Å². The molecule has 1 spiro atoms. The number of aromatic nitrogens is 1. The van der Waals surface area contributed by atoms with Crippen LogP contribution in [0.1, 0.15) is 61.8 Å².